The summed E-state index contributed by atoms with van der Waals surface area (Å²) in [4.78, 5) is 16.0. The number of nitrogens with zero attached hydrogens (tertiary/aromatic N) is 1. The third-order valence-electron chi connectivity index (χ3n) is 2.23. The molecule has 0 aliphatic carbocycles. The van der Waals surface area contributed by atoms with Crippen molar-refractivity contribution >= 4 is 27.5 Å². The number of halogens is 4. The molecule has 1 aliphatic rings. The zero-order valence-corrected chi connectivity index (χ0v) is 9.96. The molecule has 92 valence electrons. The third kappa shape index (κ3) is 2.44. The fourth-order valence-electron chi connectivity index (χ4n) is 1.41. The first-order valence-corrected chi connectivity index (χ1v) is 5.59. The molecule has 0 bridgehead atoms. The second-order valence-electron chi connectivity index (χ2n) is 3.44. The van der Waals surface area contributed by atoms with Gasteiger partial charge in [-0.05, 0) is 18.2 Å². The molecule has 1 unspecified atom stereocenters. The monoisotopic (exact) mass is 309 g/mol. The van der Waals surface area contributed by atoms with Crippen molar-refractivity contribution in [2.45, 2.75) is 11.0 Å². The summed E-state index contributed by atoms with van der Waals surface area (Å²) in [5.41, 5.74) is -0.740. The SMILES string of the molecule is O=C1C(Br)CON1c1cccc(C(F)(F)F)c1. The van der Waals surface area contributed by atoms with Crippen LogP contribution in [0.1, 0.15) is 5.56 Å². The van der Waals surface area contributed by atoms with E-state index < -0.39 is 22.5 Å². The lowest BCUT2D eigenvalue weighted by Crippen LogP contribution is -2.26. The first-order chi connectivity index (χ1) is 7.89. The van der Waals surface area contributed by atoms with Crippen molar-refractivity contribution in [1.82, 2.24) is 0 Å². The molecule has 3 nitrogen and oxygen atoms in total. The molecule has 1 fully saturated rings. The number of carbonyl (C=O) groups is 1. The fourth-order valence-corrected chi connectivity index (χ4v) is 1.72. The van der Waals surface area contributed by atoms with Crippen molar-refractivity contribution in [3.05, 3.63) is 29.8 Å². The molecule has 17 heavy (non-hydrogen) atoms. The Labute approximate surface area is 103 Å². The summed E-state index contributed by atoms with van der Waals surface area (Å²) in [6.07, 6.45) is -4.44. The molecule has 1 aliphatic heterocycles. The zero-order valence-electron chi connectivity index (χ0n) is 8.37. The van der Waals surface area contributed by atoms with E-state index >= 15 is 0 Å². The van der Waals surface area contributed by atoms with Crippen LogP contribution >= 0.6 is 15.9 Å². The molecule has 0 N–H and O–H groups in total. The summed E-state index contributed by atoms with van der Waals surface area (Å²) in [6, 6.07) is 4.44. The summed E-state index contributed by atoms with van der Waals surface area (Å²) >= 11 is 3.06. The Morgan fingerprint density at radius 3 is 2.65 bits per heavy atom. The molecule has 7 heteroatoms. The number of rotatable bonds is 1. The van der Waals surface area contributed by atoms with Crippen LogP contribution in [0.3, 0.4) is 0 Å². The van der Waals surface area contributed by atoms with Crippen LogP contribution in [0.5, 0.6) is 0 Å². The average molecular weight is 310 g/mol. The highest BCUT2D eigenvalue weighted by Crippen LogP contribution is 2.33. The smallest absolute Gasteiger partial charge is 0.271 e. The molecule has 1 heterocycles. The Hall–Kier alpha value is -1.08. The van der Waals surface area contributed by atoms with Crippen LogP contribution in [0.4, 0.5) is 18.9 Å². The molecular formula is C10H7BrF3NO2. The first-order valence-electron chi connectivity index (χ1n) is 4.68. The molecule has 2 rings (SSSR count). The number of hydrogen-bond acceptors (Lipinski definition) is 2. The highest BCUT2D eigenvalue weighted by atomic mass is 79.9. The molecule has 0 saturated carbocycles. The number of carbonyl (C=O) groups excluding carboxylic acids is 1. The van der Waals surface area contributed by atoms with Gasteiger partial charge in [-0.3, -0.25) is 9.63 Å². The van der Waals surface area contributed by atoms with Gasteiger partial charge in [-0.15, -0.1) is 0 Å². The summed E-state index contributed by atoms with van der Waals surface area (Å²) in [7, 11) is 0. The summed E-state index contributed by atoms with van der Waals surface area (Å²) < 4.78 is 37.4. The van der Waals surface area contributed by atoms with Gasteiger partial charge in [0.1, 0.15) is 4.83 Å². The topological polar surface area (TPSA) is 29.5 Å². The number of alkyl halides is 4. The van der Waals surface area contributed by atoms with Crippen LogP contribution in [0.25, 0.3) is 0 Å². The van der Waals surface area contributed by atoms with Crippen molar-refractivity contribution in [1.29, 1.82) is 0 Å². The van der Waals surface area contributed by atoms with Gasteiger partial charge < -0.3 is 0 Å². The third-order valence-corrected chi connectivity index (χ3v) is 2.88. The van der Waals surface area contributed by atoms with Gasteiger partial charge in [-0.2, -0.15) is 18.2 Å². The van der Waals surface area contributed by atoms with Crippen LogP contribution in [0.2, 0.25) is 0 Å². The van der Waals surface area contributed by atoms with Gasteiger partial charge in [0.05, 0.1) is 17.9 Å². The van der Waals surface area contributed by atoms with E-state index in [0.29, 0.717) is 0 Å². The van der Waals surface area contributed by atoms with Crippen molar-refractivity contribution < 1.29 is 22.8 Å². The number of hydrogen-bond donors (Lipinski definition) is 0. The lowest BCUT2D eigenvalue weighted by atomic mass is 10.2. The van der Waals surface area contributed by atoms with E-state index in [4.69, 9.17) is 4.84 Å². The van der Waals surface area contributed by atoms with E-state index in [0.717, 1.165) is 17.2 Å². The lowest BCUT2D eigenvalue weighted by Gasteiger charge is -2.15. The molecule has 0 radical (unpaired) electrons. The van der Waals surface area contributed by atoms with Crippen LogP contribution in [-0.4, -0.2) is 17.3 Å². The Balaban J connectivity index is 2.31. The minimum absolute atomic E-state index is 0.0757. The largest absolute Gasteiger partial charge is 0.416 e. The van der Waals surface area contributed by atoms with E-state index in [-0.39, 0.29) is 12.3 Å². The second kappa shape index (κ2) is 4.30. The van der Waals surface area contributed by atoms with Gasteiger partial charge in [0, 0.05) is 0 Å². The number of amides is 1. The molecule has 1 atom stereocenters. The molecule has 1 aromatic rings. The Morgan fingerprint density at radius 2 is 2.12 bits per heavy atom. The Morgan fingerprint density at radius 1 is 1.41 bits per heavy atom. The van der Waals surface area contributed by atoms with Crippen LogP contribution in [-0.2, 0) is 15.8 Å². The van der Waals surface area contributed by atoms with Crippen LogP contribution < -0.4 is 5.06 Å². The lowest BCUT2D eigenvalue weighted by molar-refractivity contribution is -0.137. The molecule has 1 saturated heterocycles. The minimum atomic E-state index is -4.44. The van der Waals surface area contributed by atoms with Gasteiger partial charge in [-0.25, -0.2) is 0 Å². The van der Waals surface area contributed by atoms with Crippen molar-refractivity contribution in [2.75, 3.05) is 11.7 Å². The number of benzene rings is 1. The van der Waals surface area contributed by atoms with Gasteiger partial charge in [0.25, 0.3) is 5.91 Å². The molecule has 0 aromatic heterocycles. The quantitative estimate of drug-likeness (QED) is 0.747. The first kappa shape index (κ1) is 12.4. The molecule has 1 aromatic carbocycles. The molecular weight excluding hydrogens is 303 g/mol. The minimum Gasteiger partial charge on any atom is -0.271 e. The van der Waals surface area contributed by atoms with Gasteiger partial charge >= 0.3 is 6.18 Å². The maximum Gasteiger partial charge on any atom is 0.416 e. The van der Waals surface area contributed by atoms with Gasteiger partial charge in [0.15, 0.2) is 0 Å². The van der Waals surface area contributed by atoms with Crippen molar-refractivity contribution in [3.63, 3.8) is 0 Å². The number of anilines is 1. The second-order valence-corrected chi connectivity index (χ2v) is 4.55. The average Bonchev–Trinajstić information content (AvgIpc) is 2.59. The van der Waals surface area contributed by atoms with E-state index in [1.807, 2.05) is 0 Å². The van der Waals surface area contributed by atoms with E-state index in [2.05, 4.69) is 15.9 Å². The number of hydroxylamine groups is 1. The standard InChI is InChI=1S/C10H7BrF3NO2/c11-8-5-17-15(9(8)16)7-3-1-2-6(4-7)10(12,13)14/h1-4,8H,5H2. The summed E-state index contributed by atoms with van der Waals surface area (Å²) in [6.45, 7) is 0.106. The van der Waals surface area contributed by atoms with Crippen LogP contribution in [0, 0.1) is 0 Å². The summed E-state index contributed by atoms with van der Waals surface area (Å²) in [5, 5.41) is 0.870. The predicted octanol–water partition coefficient (Wildman–Crippen LogP) is 2.75. The summed E-state index contributed by atoms with van der Waals surface area (Å²) in [5.74, 6) is -0.413. The van der Waals surface area contributed by atoms with E-state index in [9.17, 15) is 18.0 Å². The highest BCUT2D eigenvalue weighted by Gasteiger charge is 2.35. The maximum absolute atomic E-state index is 12.5. The van der Waals surface area contributed by atoms with Crippen molar-refractivity contribution in [2.24, 2.45) is 0 Å². The Bertz CT molecular complexity index is 449. The molecule has 0 spiro atoms. The van der Waals surface area contributed by atoms with Crippen LogP contribution in [0.15, 0.2) is 24.3 Å². The van der Waals surface area contributed by atoms with Gasteiger partial charge in [-0.1, -0.05) is 22.0 Å². The maximum atomic E-state index is 12.5. The highest BCUT2D eigenvalue weighted by molar-refractivity contribution is 9.10. The predicted molar refractivity (Wildman–Crippen MR) is 57.6 cm³/mol. The van der Waals surface area contributed by atoms with E-state index in [1.54, 1.807) is 0 Å². The molecule has 1 amide bonds. The van der Waals surface area contributed by atoms with E-state index in [1.165, 1.54) is 12.1 Å². The Kier molecular flexibility index (Phi) is 3.13. The van der Waals surface area contributed by atoms with Gasteiger partial charge in [0.2, 0.25) is 0 Å². The van der Waals surface area contributed by atoms with Crippen molar-refractivity contribution in [3.8, 4) is 0 Å². The zero-order chi connectivity index (χ0) is 12.6. The normalized spacial score (nSPS) is 21.1. The fraction of sp³-hybridized carbons (Fsp3) is 0.300.